The van der Waals surface area contributed by atoms with Crippen LogP contribution in [0.5, 0.6) is 0 Å². The number of urea groups is 1. The number of amides is 2. The lowest BCUT2D eigenvalue weighted by Gasteiger charge is -2.20. The molecule has 0 radical (unpaired) electrons. The molecule has 1 heterocycles. The predicted octanol–water partition coefficient (Wildman–Crippen LogP) is 0.368. The zero-order chi connectivity index (χ0) is 13.5. The molecule has 8 nitrogen and oxygen atoms in total. The molecule has 1 aromatic heterocycles. The molecule has 3 N–H and O–H groups in total. The average Bonchev–Trinajstić information content (AvgIpc) is 2.85. The van der Waals surface area contributed by atoms with Crippen molar-refractivity contribution in [2.24, 2.45) is 5.92 Å². The standard InChI is InChI=1S/C10H16N4O4/c1-3-6(2)8(9(15)16)13-10(17)11-4-7-12-5-18-14-7/h5-6,8H,3-4H2,1-2H3,(H,15,16)(H2,11,13,17)/t6-,8-/m0/s1. The Morgan fingerprint density at radius 1 is 1.56 bits per heavy atom. The van der Waals surface area contributed by atoms with Crippen LogP contribution in [0.1, 0.15) is 26.1 Å². The second kappa shape index (κ2) is 6.58. The van der Waals surface area contributed by atoms with Crippen LogP contribution in [0.25, 0.3) is 0 Å². The van der Waals surface area contributed by atoms with E-state index in [2.05, 4.69) is 25.3 Å². The van der Waals surface area contributed by atoms with E-state index in [9.17, 15) is 9.59 Å². The largest absolute Gasteiger partial charge is 0.480 e. The van der Waals surface area contributed by atoms with Gasteiger partial charge in [-0.25, -0.2) is 9.59 Å². The maximum absolute atomic E-state index is 11.5. The highest BCUT2D eigenvalue weighted by molar-refractivity contribution is 5.82. The molecule has 1 rings (SSSR count). The van der Waals surface area contributed by atoms with E-state index in [1.54, 1.807) is 6.92 Å². The molecule has 0 aliphatic heterocycles. The Morgan fingerprint density at radius 3 is 2.78 bits per heavy atom. The normalized spacial score (nSPS) is 13.7. The molecule has 2 atom stereocenters. The van der Waals surface area contributed by atoms with Gasteiger partial charge < -0.3 is 20.3 Å². The van der Waals surface area contributed by atoms with E-state index >= 15 is 0 Å². The van der Waals surface area contributed by atoms with E-state index < -0.39 is 18.0 Å². The van der Waals surface area contributed by atoms with Crippen molar-refractivity contribution in [1.82, 2.24) is 20.8 Å². The molecule has 0 saturated carbocycles. The molecular formula is C10H16N4O4. The van der Waals surface area contributed by atoms with Crippen molar-refractivity contribution in [2.45, 2.75) is 32.9 Å². The summed E-state index contributed by atoms with van der Waals surface area (Å²) in [4.78, 5) is 26.2. The molecule has 0 saturated heterocycles. The lowest BCUT2D eigenvalue weighted by Crippen LogP contribution is -2.48. The van der Waals surface area contributed by atoms with Crippen molar-refractivity contribution in [3.8, 4) is 0 Å². The van der Waals surface area contributed by atoms with Crippen molar-refractivity contribution in [1.29, 1.82) is 0 Å². The van der Waals surface area contributed by atoms with Crippen molar-refractivity contribution in [2.75, 3.05) is 0 Å². The first kappa shape index (κ1) is 13.9. The maximum atomic E-state index is 11.5. The quantitative estimate of drug-likeness (QED) is 0.676. The van der Waals surface area contributed by atoms with Crippen molar-refractivity contribution in [3.63, 3.8) is 0 Å². The number of carboxylic acid groups (broad SMARTS) is 1. The van der Waals surface area contributed by atoms with Crippen LogP contribution in [0.2, 0.25) is 0 Å². The van der Waals surface area contributed by atoms with Gasteiger partial charge in [-0.15, -0.1) is 0 Å². The minimum Gasteiger partial charge on any atom is -0.480 e. The smallest absolute Gasteiger partial charge is 0.326 e. The first-order valence-electron chi connectivity index (χ1n) is 5.57. The van der Waals surface area contributed by atoms with Crippen molar-refractivity contribution < 1.29 is 19.2 Å². The summed E-state index contributed by atoms with van der Waals surface area (Å²) in [6, 6.07) is -1.49. The Balaban J connectivity index is 2.44. The van der Waals surface area contributed by atoms with Crippen molar-refractivity contribution in [3.05, 3.63) is 12.2 Å². The molecule has 0 spiro atoms. The number of nitrogens with zero attached hydrogens (tertiary/aromatic N) is 2. The lowest BCUT2D eigenvalue weighted by molar-refractivity contribution is -0.140. The van der Waals surface area contributed by atoms with Gasteiger partial charge in [0.05, 0.1) is 6.54 Å². The van der Waals surface area contributed by atoms with Crippen LogP contribution in [0, 0.1) is 5.92 Å². The summed E-state index contributed by atoms with van der Waals surface area (Å²) in [5, 5.41) is 17.3. The van der Waals surface area contributed by atoms with Crippen LogP contribution in [-0.4, -0.2) is 33.3 Å². The van der Waals surface area contributed by atoms with E-state index in [4.69, 9.17) is 5.11 Å². The molecule has 100 valence electrons. The van der Waals surface area contributed by atoms with Crippen LogP contribution in [0.15, 0.2) is 10.9 Å². The average molecular weight is 256 g/mol. The molecule has 0 aliphatic rings. The van der Waals surface area contributed by atoms with E-state index in [0.29, 0.717) is 12.2 Å². The molecule has 0 aliphatic carbocycles. The minimum atomic E-state index is -1.06. The molecule has 0 fully saturated rings. The Morgan fingerprint density at radius 2 is 2.28 bits per heavy atom. The summed E-state index contributed by atoms with van der Waals surface area (Å²) < 4.78 is 4.49. The predicted molar refractivity (Wildman–Crippen MR) is 60.5 cm³/mol. The molecular weight excluding hydrogens is 240 g/mol. The Bertz CT molecular complexity index is 393. The van der Waals surface area contributed by atoms with Crippen molar-refractivity contribution >= 4 is 12.0 Å². The van der Waals surface area contributed by atoms with Gasteiger partial charge in [-0.05, 0) is 5.92 Å². The number of hydrogen-bond donors (Lipinski definition) is 3. The molecule has 0 bridgehead atoms. The zero-order valence-corrected chi connectivity index (χ0v) is 10.2. The topological polar surface area (TPSA) is 117 Å². The summed E-state index contributed by atoms with van der Waals surface area (Å²) in [5.41, 5.74) is 0. The summed E-state index contributed by atoms with van der Waals surface area (Å²) in [6.07, 6.45) is 1.80. The zero-order valence-electron chi connectivity index (χ0n) is 10.2. The number of aromatic nitrogens is 2. The van der Waals surface area contributed by atoms with Gasteiger partial charge in [-0.2, -0.15) is 4.98 Å². The number of rotatable bonds is 6. The van der Waals surface area contributed by atoms with Crippen LogP contribution in [-0.2, 0) is 11.3 Å². The molecule has 1 aromatic rings. The van der Waals surface area contributed by atoms with E-state index in [0.717, 1.165) is 6.39 Å². The maximum Gasteiger partial charge on any atom is 0.326 e. The number of nitrogens with one attached hydrogen (secondary N) is 2. The highest BCUT2D eigenvalue weighted by Crippen LogP contribution is 2.07. The SMILES string of the molecule is CC[C@H](C)[C@H](NC(=O)NCc1ncon1)C(=O)O. The summed E-state index contributed by atoms with van der Waals surface area (Å²) >= 11 is 0. The molecule has 8 heteroatoms. The van der Waals surface area contributed by atoms with Crippen LogP contribution >= 0.6 is 0 Å². The number of carbonyl (C=O) groups excluding carboxylic acids is 1. The Hall–Kier alpha value is -2.12. The fourth-order valence-corrected chi connectivity index (χ4v) is 1.30. The lowest BCUT2D eigenvalue weighted by atomic mass is 9.99. The number of carbonyl (C=O) groups is 2. The van der Waals surface area contributed by atoms with E-state index in [1.807, 2.05) is 6.92 Å². The second-order valence-electron chi connectivity index (χ2n) is 3.88. The third-order valence-corrected chi connectivity index (χ3v) is 2.58. The van der Waals surface area contributed by atoms with Gasteiger partial charge in [0.1, 0.15) is 6.04 Å². The fourth-order valence-electron chi connectivity index (χ4n) is 1.30. The first-order chi connectivity index (χ1) is 8.54. The van der Waals surface area contributed by atoms with Gasteiger partial charge in [-0.3, -0.25) is 0 Å². The van der Waals surface area contributed by atoms with Gasteiger partial charge in [0.2, 0.25) is 6.39 Å². The Kier molecular flexibility index (Phi) is 5.09. The Labute approximate surface area is 104 Å². The highest BCUT2D eigenvalue weighted by Gasteiger charge is 2.25. The van der Waals surface area contributed by atoms with Gasteiger partial charge in [0.15, 0.2) is 5.82 Å². The van der Waals surface area contributed by atoms with Crippen LogP contribution < -0.4 is 10.6 Å². The van der Waals surface area contributed by atoms with Crippen LogP contribution in [0.4, 0.5) is 4.79 Å². The van der Waals surface area contributed by atoms with Gasteiger partial charge in [-0.1, -0.05) is 25.4 Å². The molecule has 18 heavy (non-hydrogen) atoms. The summed E-state index contributed by atoms with van der Waals surface area (Å²) in [7, 11) is 0. The second-order valence-corrected chi connectivity index (χ2v) is 3.88. The van der Waals surface area contributed by atoms with Gasteiger partial charge >= 0.3 is 12.0 Å². The third-order valence-electron chi connectivity index (χ3n) is 2.58. The van der Waals surface area contributed by atoms with E-state index in [1.165, 1.54) is 0 Å². The number of aliphatic carboxylic acids is 1. The molecule has 0 unspecified atom stereocenters. The highest BCUT2D eigenvalue weighted by atomic mass is 16.5. The summed E-state index contributed by atoms with van der Waals surface area (Å²) in [5.74, 6) is -0.891. The van der Waals surface area contributed by atoms with Gasteiger partial charge in [0.25, 0.3) is 0 Å². The van der Waals surface area contributed by atoms with Gasteiger partial charge in [0, 0.05) is 0 Å². The third kappa shape index (κ3) is 4.04. The molecule has 2 amide bonds. The van der Waals surface area contributed by atoms with E-state index in [-0.39, 0.29) is 12.5 Å². The monoisotopic (exact) mass is 256 g/mol. The number of hydrogen-bond acceptors (Lipinski definition) is 5. The fraction of sp³-hybridized carbons (Fsp3) is 0.600. The van der Waals surface area contributed by atoms with Crippen LogP contribution in [0.3, 0.4) is 0 Å². The number of carboxylic acids is 1. The molecule has 0 aromatic carbocycles. The summed E-state index contributed by atoms with van der Waals surface area (Å²) in [6.45, 7) is 3.70. The first-order valence-corrected chi connectivity index (χ1v) is 5.57. The minimum absolute atomic E-state index is 0.0785.